The molecule has 130 valence electrons. The largest absolute Gasteiger partial charge is 0.492 e. The van der Waals surface area contributed by atoms with Crippen LogP contribution in [-0.4, -0.2) is 35.4 Å². The summed E-state index contributed by atoms with van der Waals surface area (Å²) in [6, 6.07) is 11.3. The molecule has 8 heteroatoms. The first kappa shape index (κ1) is 17.5. The van der Waals surface area contributed by atoms with Crippen LogP contribution in [0.15, 0.2) is 42.7 Å². The zero-order valence-corrected chi connectivity index (χ0v) is 15.0. The summed E-state index contributed by atoms with van der Waals surface area (Å²) in [6.45, 7) is 1.40. The molecule has 6 nitrogen and oxygen atoms in total. The standard InChI is InChI=1S/C17H17Cl2N5O/c1-20-6-7-25-13-4-2-11(3-5-13)16-14(18)8-12(9-15(16)19)23-17-21-10-22-24-17/h2-5,8-10,20H,6-7H2,1H3,(H2,21,22,23,24). The molecule has 3 rings (SSSR count). The third kappa shape index (κ3) is 4.42. The third-order valence-electron chi connectivity index (χ3n) is 3.48. The van der Waals surface area contributed by atoms with Gasteiger partial charge in [-0.3, -0.25) is 0 Å². The molecule has 0 aliphatic heterocycles. The molecule has 0 aliphatic rings. The molecule has 1 heterocycles. The van der Waals surface area contributed by atoms with E-state index < -0.39 is 0 Å². The van der Waals surface area contributed by atoms with Crippen molar-refractivity contribution in [3.05, 3.63) is 52.8 Å². The molecule has 0 atom stereocenters. The fourth-order valence-corrected chi connectivity index (χ4v) is 3.02. The number of ether oxygens (including phenoxy) is 1. The number of anilines is 2. The molecule has 0 saturated carbocycles. The van der Waals surface area contributed by atoms with Crippen molar-refractivity contribution in [2.24, 2.45) is 0 Å². The van der Waals surface area contributed by atoms with Crippen LogP contribution >= 0.6 is 23.2 Å². The summed E-state index contributed by atoms with van der Waals surface area (Å²) in [5, 5.41) is 13.7. The van der Waals surface area contributed by atoms with Crippen molar-refractivity contribution in [2.45, 2.75) is 0 Å². The Balaban J connectivity index is 1.79. The van der Waals surface area contributed by atoms with Crippen molar-refractivity contribution >= 4 is 34.8 Å². The van der Waals surface area contributed by atoms with Crippen LogP contribution in [0.25, 0.3) is 11.1 Å². The van der Waals surface area contributed by atoms with Crippen molar-refractivity contribution in [1.82, 2.24) is 20.5 Å². The highest BCUT2D eigenvalue weighted by Gasteiger charge is 2.11. The first-order valence-corrected chi connectivity index (χ1v) is 8.42. The molecule has 3 aromatic rings. The Hall–Kier alpha value is -2.28. The van der Waals surface area contributed by atoms with E-state index in [2.05, 4.69) is 25.8 Å². The van der Waals surface area contributed by atoms with Gasteiger partial charge in [0.1, 0.15) is 18.7 Å². The lowest BCUT2D eigenvalue weighted by Gasteiger charge is -2.12. The van der Waals surface area contributed by atoms with Gasteiger partial charge in [0.25, 0.3) is 0 Å². The fourth-order valence-electron chi connectivity index (χ4n) is 2.31. The van der Waals surface area contributed by atoms with Gasteiger partial charge >= 0.3 is 0 Å². The van der Waals surface area contributed by atoms with Crippen LogP contribution < -0.4 is 15.4 Å². The summed E-state index contributed by atoms with van der Waals surface area (Å²) in [4.78, 5) is 4.01. The Kier molecular flexibility index (Phi) is 5.75. The lowest BCUT2D eigenvalue weighted by atomic mass is 10.0. The Morgan fingerprint density at radius 2 is 1.84 bits per heavy atom. The van der Waals surface area contributed by atoms with E-state index in [9.17, 15) is 0 Å². The molecule has 0 spiro atoms. The highest BCUT2D eigenvalue weighted by Crippen LogP contribution is 2.38. The van der Waals surface area contributed by atoms with Crippen LogP contribution in [-0.2, 0) is 0 Å². The Bertz CT molecular complexity index is 799. The molecule has 0 radical (unpaired) electrons. The van der Waals surface area contributed by atoms with Crippen molar-refractivity contribution in [3.8, 4) is 16.9 Å². The number of nitrogens with one attached hydrogen (secondary N) is 3. The van der Waals surface area contributed by atoms with Gasteiger partial charge in [-0.05, 0) is 36.9 Å². The van der Waals surface area contributed by atoms with Crippen LogP contribution in [0.2, 0.25) is 10.0 Å². The van der Waals surface area contributed by atoms with E-state index in [1.807, 2.05) is 31.3 Å². The lowest BCUT2D eigenvalue weighted by molar-refractivity contribution is 0.318. The van der Waals surface area contributed by atoms with Gasteiger partial charge in [0.05, 0.1) is 10.0 Å². The van der Waals surface area contributed by atoms with E-state index in [-0.39, 0.29) is 0 Å². The van der Waals surface area contributed by atoms with E-state index in [1.54, 1.807) is 12.1 Å². The number of rotatable bonds is 7. The van der Waals surface area contributed by atoms with Gasteiger partial charge in [-0.25, -0.2) is 5.10 Å². The minimum atomic E-state index is 0.517. The van der Waals surface area contributed by atoms with Crippen LogP contribution in [0.5, 0.6) is 5.75 Å². The number of hydrogen-bond donors (Lipinski definition) is 3. The molecule has 0 unspecified atom stereocenters. The first-order chi connectivity index (χ1) is 12.2. The van der Waals surface area contributed by atoms with Crippen LogP contribution in [0.4, 0.5) is 11.6 Å². The van der Waals surface area contributed by atoms with Crippen molar-refractivity contribution in [3.63, 3.8) is 0 Å². The predicted molar refractivity (Wildman–Crippen MR) is 101 cm³/mol. The van der Waals surface area contributed by atoms with E-state index in [0.717, 1.165) is 29.1 Å². The number of H-pyrrole nitrogens is 1. The van der Waals surface area contributed by atoms with Gasteiger partial charge in [0, 0.05) is 17.8 Å². The summed E-state index contributed by atoms with van der Waals surface area (Å²) in [6.07, 6.45) is 1.42. The molecular formula is C17H17Cl2N5O. The number of aromatic nitrogens is 3. The lowest BCUT2D eigenvalue weighted by Crippen LogP contribution is -2.15. The fraction of sp³-hybridized carbons (Fsp3) is 0.176. The predicted octanol–water partition coefficient (Wildman–Crippen LogP) is 4.12. The molecule has 0 amide bonds. The summed E-state index contributed by atoms with van der Waals surface area (Å²) < 4.78 is 5.62. The number of aromatic amines is 1. The highest BCUT2D eigenvalue weighted by atomic mass is 35.5. The van der Waals surface area contributed by atoms with Gasteiger partial charge in [-0.2, -0.15) is 10.1 Å². The van der Waals surface area contributed by atoms with Gasteiger partial charge in [-0.15, -0.1) is 0 Å². The van der Waals surface area contributed by atoms with Gasteiger partial charge < -0.3 is 15.4 Å². The number of likely N-dealkylation sites (N-methyl/N-ethyl adjacent to an activating group) is 1. The zero-order valence-electron chi connectivity index (χ0n) is 13.5. The van der Waals surface area contributed by atoms with Crippen molar-refractivity contribution in [2.75, 3.05) is 25.5 Å². The minimum Gasteiger partial charge on any atom is -0.492 e. The van der Waals surface area contributed by atoms with Gasteiger partial charge in [0.2, 0.25) is 5.95 Å². The van der Waals surface area contributed by atoms with E-state index in [4.69, 9.17) is 27.9 Å². The maximum Gasteiger partial charge on any atom is 0.222 e. The summed E-state index contributed by atoms with van der Waals surface area (Å²) in [5.41, 5.74) is 2.41. The van der Waals surface area contributed by atoms with E-state index in [1.165, 1.54) is 6.33 Å². The SMILES string of the molecule is CNCCOc1ccc(-c2c(Cl)cc(Nc3ncn[nH]3)cc2Cl)cc1. The second kappa shape index (κ2) is 8.20. The Morgan fingerprint density at radius 1 is 1.12 bits per heavy atom. The molecule has 0 fully saturated rings. The molecule has 25 heavy (non-hydrogen) atoms. The monoisotopic (exact) mass is 377 g/mol. The van der Waals surface area contributed by atoms with Crippen LogP contribution in [0, 0.1) is 0 Å². The van der Waals surface area contributed by atoms with Crippen LogP contribution in [0.1, 0.15) is 0 Å². The van der Waals surface area contributed by atoms with Crippen molar-refractivity contribution < 1.29 is 4.74 Å². The first-order valence-electron chi connectivity index (χ1n) is 7.66. The average Bonchev–Trinajstić information content (AvgIpc) is 3.09. The van der Waals surface area contributed by atoms with Crippen LogP contribution in [0.3, 0.4) is 0 Å². The second-order valence-electron chi connectivity index (χ2n) is 5.25. The molecule has 0 saturated heterocycles. The molecular weight excluding hydrogens is 361 g/mol. The minimum absolute atomic E-state index is 0.517. The maximum absolute atomic E-state index is 6.44. The summed E-state index contributed by atoms with van der Waals surface area (Å²) >= 11 is 12.9. The Labute approximate surface area is 155 Å². The van der Waals surface area contributed by atoms with Gasteiger partial charge in [-0.1, -0.05) is 35.3 Å². The zero-order chi connectivity index (χ0) is 17.6. The normalized spacial score (nSPS) is 10.7. The quantitative estimate of drug-likeness (QED) is 0.540. The molecule has 0 aliphatic carbocycles. The molecule has 3 N–H and O–H groups in total. The number of hydrogen-bond acceptors (Lipinski definition) is 5. The maximum atomic E-state index is 6.44. The number of benzene rings is 2. The third-order valence-corrected chi connectivity index (χ3v) is 4.08. The second-order valence-corrected chi connectivity index (χ2v) is 6.06. The number of nitrogens with zero attached hydrogens (tertiary/aromatic N) is 2. The van der Waals surface area contributed by atoms with Crippen molar-refractivity contribution in [1.29, 1.82) is 0 Å². The topological polar surface area (TPSA) is 74.9 Å². The van der Waals surface area contributed by atoms with E-state index in [0.29, 0.717) is 22.6 Å². The summed E-state index contributed by atoms with van der Waals surface area (Å²) in [7, 11) is 1.89. The highest BCUT2D eigenvalue weighted by molar-refractivity contribution is 6.39. The average molecular weight is 378 g/mol. The van der Waals surface area contributed by atoms with Gasteiger partial charge in [0.15, 0.2) is 0 Å². The number of halogens is 2. The molecule has 1 aromatic heterocycles. The smallest absolute Gasteiger partial charge is 0.222 e. The molecule has 2 aromatic carbocycles. The van der Waals surface area contributed by atoms with E-state index >= 15 is 0 Å². The molecule has 0 bridgehead atoms. The Morgan fingerprint density at radius 3 is 2.44 bits per heavy atom. The summed E-state index contributed by atoms with van der Waals surface area (Å²) in [5.74, 6) is 1.32.